The first-order valence-corrected chi connectivity index (χ1v) is 27.3. The molecule has 438 valence electrons. The van der Waals surface area contributed by atoms with Crippen molar-refractivity contribution < 1.29 is 78.6 Å². The predicted octanol–water partition coefficient (Wildman–Crippen LogP) is 1.56. The molecule has 25 nitrogen and oxygen atoms in total. The molecule has 5 amide bonds. The van der Waals surface area contributed by atoms with Crippen LogP contribution >= 0.6 is 0 Å². The van der Waals surface area contributed by atoms with E-state index in [0.29, 0.717) is 64.6 Å². The van der Waals surface area contributed by atoms with Gasteiger partial charge in [-0.05, 0) is 90.5 Å². The quantitative estimate of drug-likeness (QED) is 0.0347. The Balaban J connectivity index is 1.16. The topological polar surface area (TPSA) is 365 Å². The highest BCUT2D eigenvalue weighted by Crippen LogP contribution is 2.31. The van der Waals surface area contributed by atoms with Gasteiger partial charge in [0, 0.05) is 84.2 Å². The number of urea groups is 1. The Morgan fingerprint density at radius 3 is 1.43 bits per heavy atom. The number of amides is 5. The largest absolute Gasteiger partial charge is 0.481 e. The lowest BCUT2D eigenvalue weighted by atomic mass is 9.81. The summed E-state index contributed by atoms with van der Waals surface area (Å²) in [5.74, 6) is -8.30. The first kappa shape index (κ1) is 63.4. The Kier molecular flexibility index (Phi) is 25.8. The van der Waals surface area contributed by atoms with Crippen LogP contribution in [0, 0.1) is 11.8 Å². The zero-order valence-electron chi connectivity index (χ0n) is 45.0. The van der Waals surface area contributed by atoms with Gasteiger partial charge in [0.1, 0.15) is 18.1 Å². The summed E-state index contributed by atoms with van der Waals surface area (Å²) in [4.78, 5) is 131. The van der Waals surface area contributed by atoms with Gasteiger partial charge in [-0.3, -0.25) is 53.2 Å². The summed E-state index contributed by atoms with van der Waals surface area (Å²) in [5, 5.41) is 74.0. The number of nitrogens with zero attached hydrogens (tertiary/aromatic N) is 4. The van der Waals surface area contributed by atoms with Crippen molar-refractivity contribution in [3.63, 3.8) is 0 Å². The summed E-state index contributed by atoms with van der Waals surface area (Å²) < 4.78 is 0. The Bertz CT molecular complexity index is 2540. The molecule has 1 aliphatic carbocycles. The minimum absolute atomic E-state index is 0.000688. The van der Waals surface area contributed by atoms with E-state index >= 15 is 0 Å². The van der Waals surface area contributed by atoms with Crippen LogP contribution in [-0.4, -0.2) is 220 Å². The van der Waals surface area contributed by atoms with Crippen LogP contribution in [0.2, 0.25) is 0 Å². The molecule has 0 bridgehead atoms. The summed E-state index contributed by atoms with van der Waals surface area (Å²) in [6, 6.07) is 13.0. The summed E-state index contributed by atoms with van der Waals surface area (Å²) >= 11 is 0. The van der Waals surface area contributed by atoms with Gasteiger partial charge in [-0.25, -0.2) is 14.4 Å². The summed E-state index contributed by atoms with van der Waals surface area (Å²) in [5.41, 5.74) is 0.886. The predicted molar refractivity (Wildman–Crippen MR) is 292 cm³/mol. The molecule has 3 aromatic carbocycles. The van der Waals surface area contributed by atoms with Crippen molar-refractivity contribution in [1.82, 2.24) is 46.2 Å². The van der Waals surface area contributed by atoms with Crippen molar-refractivity contribution in [2.75, 3.05) is 91.6 Å². The van der Waals surface area contributed by atoms with Crippen molar-refractivity contribution in [1.29, 1.82) is 0 Å². The van der Waals surface area contributed by atoms with E-state index in [-0.39, 0.29) is 122 Å². The molecule has 3 atom stereocenters. The maximum Gasteiger partial charge on any atom is 0.326 e. The molecular formula is C55H77N9O16. The van der Waals surface area contributed by atoms with E-state index in [1.807, 2.05) is 53.4 Å². The molecule has 25 heteroatoms. The smallest absolute Gasteiger partial charge is 0.326 e. The number of unbranched alkanes of at least 4 members (excludes halogenated alkanes) is 2. The Morgan fingerprint density at radius 2 is 0.963 bits per heavy atom. The third-order valence-corrected chi connectivity index (χ3v) is 14.7. The number of rotatable bonds is 29. The fraction of sp³-hybridized carbons (Fsp3) is 0.564. The van der Waals surface area contributed by atoms with E-state index in [2.05, 4.69) is 32.7 Å². The molecule has 1 heterocycles. The second-order valence-electron chi connectivity index (χ2n) is 20.7. The van der Waals surface area contributed by atoms with Gasteiger partial charge in [-0.1, -0.05) is 61.4 Å². The molecular weight excluding hydrogens is 1040 g/mol. The van der Waals surface area contributed by atoms with E-state index in [9.17, 15) is 73.5 Å². The molecule has 11 N–H and O–H groups in total. The monoisotopic (exact) mass is 1120 g/mol. The van der Waals surface area contributed by atoms with Crippen molar-refractivity contribution in [3.05, 3.63) is 60.2 Å². The van der Waals surface area contributed by atoms with Crippen LogP contribution in [0.25, 0.3) is 21.5 Å². The van der Waals surface area contributed by atoms with E-state index in [4.69, 9.17) is 5.11 Å². The van der Waals surface area contributed by atoms with E-state index in [1.165, 1.54) is 0 Å². The number of nitrogens with one attached hydrogen (secondary N) is 5. The van der Waals surface area contributed by atoms with Gasteiger partial charge in [0.05, 0.1) is 26.2 Å². The van der Waals surface area contributed by atoms with Gasteiger partial charge < -0.3 is 57.2 Å². The highest BCUT2D eigenvalue weighted by Gasteiger charge is 2.31. The SMILES string of the molecule is O=C(O)CCC[C@H](NC(=O)N[C@@H](CCCCCNC(=O)[C@H](Cc1c2ccccc2cc2ccccc12)NC(=O)C1CCC(CNC(=O)CN2CCN(CC(=O)O)CCN(CC(=O)O)CCN(CC(=O)O)CC2)CC1)C(=O)O)C(=O)O. The summed E-state index contributed by atoms with van der Waals surface area (Å²) in [6.45, 7) is 1.84. The number of hydrogen-bond donors (Lipinski definition) is 11. The lowest BCUT2D eigenvalue weighted by Crippen LogP contribution is -2.51. The fourth-order valence-corrected chi connectivity index (χ4v) is 10.3. The fourth-order valence-electron chi connectivity index (χ4n) is 10.3. The van der Waals surface area contributed by atoms with Gasteiger partial charge in [0.25, 0.3) is 0 Å². The number of fused-ring (bicyclic) bond motifs is 2. The van der Waals surface area contributed by atoms with Crippen molar-refractivity contribution >= 4 is 81.1 Å². The van der Waals surface area contributed by atoms with Crippen LogP contribution < -0.4 is 26.6 Å². The van der Waals surface area contributed by atoms with Crippen molar-refractivity contribution in [3.8, 4) is 0 Å². The second kappa shape index (κ2) is 32.6. The lowest BCUT2D eigenvalue weighted by molar-refractivity contribution is -0.141. The zero-order valence-corrected chi connectivity index (χ0v) is 45.0. The average molecular weight is 1120 g/mol. The lowest BCUT2D eigenvalue weighted by Gasteiger charge is -2.33. The number of aliphatic carboxylic acids is 6. The number of hydrogen-bond acceptors (Lipinski definition) is 14. The molecule has 5 rings (SSSR count). The van der Waals surface area contributed by atoms with E-state index < -0.39 is 71.8 Å². The molecule has 1 saturated heterocycles. The van der Waals surface area contributed by atoms with Crippen LogP contribution in [0.1, 0.15) is 76.2 Å². The molecule has 0 radical (unpaired) electrons. The number of carboxylic acid groups (broad SMARTS) is 6. The number of carboxylic acids is 6. The Hall–Kier alpha value is -7.48. The zero-order chi connectivity index (χ0) is 58.1. The second-order valence-corrected chi connectivity index (χ2v) is 20.7. The highest BCUT2D eigenvalue weighted by molar-refractivity contribution is 6.03. The van der Waals surface area contributed by atoms with Crippen LogP contribution in [0.15, 0.2) is 54.6 Å². The normalized spacial score (nSPS) is 18.3. The maximum atomic E-state index is 14.2. The molecule has 80 heavy (non-hydrogen) atoms. The third kappa shape index (κ3) is 22.0. The molecule has 0 aromatic heterocycles. The highest BCUT2D eigenvalue weighted by atomic mass is 16.4. The van der Waals surface area contributed by atoms with Gasteiger partial charge in [-0.2, -0.15) is 0 Å². The van der Waals surface area contributed by atoms with E-state index in [0.717, 1.165) is 27.1 Å². The minimum Gasteiger partial charge on any atom is -0.481 e. The molecule has 3 aromatic rings. The molecule has 1 aliphatic heterocycles. The van der Waals surface area contributed by atoms with Crippen molar-refractivity contribution in [2.45, 2.75) is 95.2 Å². The van der Waals surface area contributed by atoms with Gasteiger partial charge in [0.2, 0.25) is 17.7 Å². The number of carbonyl (C=O) groups excluding carboxylic acids is 4. The van der Waals surface area contributed by atoms with Crippen LogP contribution in [-0.2, 0) is 49.6 Å². The van der Waals surface area contributed by atoms with Crippen LogP contribution in [0.3, 0.4) is 0 Å². The van der Waals surface area contributed by atoms with Crippen molar-refractivity contribution in [2.24, 2.45) is 11.8 Å². The summed E-state index contributed by atoms with van der Waals surface area (Å²) in [7, 11) is 0. The molecule has 2 aliphatic rings. The molecule has 0 unspecified atom stereocenters. The van der Waals surface area contributed by atoms with Gasteiger partial charge in [0.15, 0.2) is 0 Å². The third-order valence-electron chi connectivity index (χ3n) is 14.7. The van der Waals surface area contributed by atoms with E-state index in [1.54, 1.807) is 14.7 Å². The first-order chi connectivity index (χ1) is 38.2. The number of benzene rings is 3. The van der Waals surface area contributed by atoms with Gasteiger partial charge in [-0.15, -0.1) is 0 Å². The minimum atomic E-state index is -1.42. The standard InChI is InChI=1S/C55H77N9O16/c65-46(32-61-21-23-62(33-48(68)69)25-27-64(35-50(72)73)28-26-63(24-22-61)34-49(70)71)57-31-36-16-18-37(19-17-36)51(74)58-45(30-42-40-11-5-3-9-38(40)29-39-10-4-6-12-41(39)42)52(75)56-20-7-1-2-13-43(53(76)77)59-55(80)60-44(54(78)79)14-8-15-47(66)67/h3-6,9-12,29,36-37,43-45H,1-2,7-8,13-28,30-35H2,(H,56,75)(H,57,65)(H,58,74)(H,66,67)(H,68,69)(H,70,71)(H,72,73)(H,76,77)(H,78,79)(H2,59,60,80)/t36?,37?,43-,44-,45-/m0/s1. The molecule has 2 fully saturated rings. The maximum absolute atomic E-state index is 14.2. The Labute approximate surface area is 463 Å². The Morgan fingerprint density at radius 1 is 0.500 bits per heavy atom. The first-order valence-electron chi connectivity index (χ1n) is 27.3. The summed E-state index contributed by atoms with van der Waals surface area (Å²) in [6.07, 6.45) is 3.16. The van der Waals surface area contributed by atoms with Crippen LogP contribution in [0.5, 0.6) is 0 Å². The molecule has 0 spiro atoms. The average Bonchev–Trinajstić information content (AvgIpc) is 3.53. The van der Waals surface area contributed by atoms with Crippen LogP contribution in [0.4, 0.5) is 4.79 Å². The molecule has 1 saturated carbocycles. The number of carbonyl (C=O) groups is 10. The van der Waals surface area contributed by atoms with Gasteiger partial charge >= 0.3 is 41.8 Å².